The highest BCUT2D eigenvalue weighted by molar-refractivity contribution is 5.70. The van der Waals surface area contributed by atoms with Crippen molar-refractivity contribution >= 4 is 5.97 Å². The van der Waals surface area contributed by atoms with Gasteiger partial charge >= 0.3 is 5.97 Å². The summed E-state index contributed by atoms with van der Waals surface area (Å²) in [5, 5.41) is 0. The van der Waals surface area contributed by atoms with Gasteiger partial charge in [-0.15, -0.1) is 0 Å². The molecule has 0 saturated carbocycles. The summed E-state index contributed by atoms with van der Waals surface area (Å²) >= 11 is 0. The van der Waals surface area contributed by atoms with E-state index in [-0.39, 0.29) is 18.5 Å². The number of esters is 1. The van der Waals surface area contributed by atoms with Crippen LogP contribution in [0.1, 0.15) is 37.4 Å². The van der Waals surface area contributed by atoms with E-state index in [0.29, 0.717) is 12.4 Å². The van der Waals surface area contributed by atoms with Crippen LogP contribution < -0.4 is 15.2 Å². The lowest BCUT2D eigenvalue weighted by Crippen LogP contribution is -2.18. The molecule has 0 aromatic heterocycles. The first-order valence-electron chi connectivity index (χ1n) is 6.83. The Morgan fingerprint density at radius 1 is 1.55 bits per heavy atom. The highest BCUT2D eigenvalue weighted by atomic mass is 16.5. The second-order valence-electron chi connectivity index (χ2n) is 4.95. The molecule has 2 N–H and O–H groups in total. The number of ether oxygens (including phenoxy) is 3. The Morgan fingerprint density at radius 2 is 2.30 bits per heavy atom. The highest BCUT2D eigenvalue weighted by Gasteiger charge is 2.24. The number of methoxy groups -OCH3 is 1. The number of hydrogen-bond acceptors (Lipinski definition) is 5. The largest absolute Gasteiger partial charge is 0.496 e. The Bertz CT molecular complexity index is 501. The molecule has 1 aromatic carbocycles. The lowest BCUT2D eigenvalue weighted by molar-refractivity contribution is -0.143. The lowest BCUT2D eigenvalue weighted by Gasteiger charge is -2.16. The fraction of sp³-hybridized carbons (Fsp3) is 0.533. The Kier molecular flexibility index (Phi) is 4.49. The first-order chi connectivity index (χ1) is 9.55. The fourth-order valence-electron chi connectivity index (χ4n) is 2.43. The second kappa shape index (κ2) is 6.13. The third kappa shape index (κ3) is 3.04. The molecule has 0 aliphatic carbocycles. The Hall–Kier alpha value is -1.75. The molecule has 110 valence electrons. The van der Waals surface area contributed by atoms with Gasteiger partial charge in [-0.3, -0.25) is 4.79 Å². The van der Waals surface area contributed by atoms with Crippen LogP contribution in [-0.4, -0.2) is 25.8 Å². The highest BCUT2D eigenvalue weighted by Crippen LogP contribution is 2.37. The quantitative estimate of drug-likeness (QED) is 0.834. The standard InChI is InChI=1S/C15H21NO4/c1-4-19-15(17)8-12(16)11-7-13-10(5-9(2)20-13)6-14(11)18-3/h6-7,9,12H,4-5,8,16H2,1-3H3/t9?,12-/m0/s1. The molecule has 1 aliphatic rings. The number of fused-ring (bicyclic) bond motifs is 1. The molecule has 1 heterocycles. The molecule has 1 aromatic rings. The minimum Gasteiger partial charge on any atom is -0.496 e. The van der Waals surface area contributed by atoms with Crippen molar-refractivity contribution in [3.8, 4) is 11.5 Å². The average Bonchev–Trinajstić information content (AvgIpc) is 2.76. The summed E-state index contributed by atoms with van der Waals surface area (Å²) in [5.74, 6) is 1.21. The van der Waals surface area contributed by atoms with Crippen LogP contribution in [0, 0.1) is 0 Å². The fourth-order valence-corrected chi connectivity index (χ4v) is 2.43. The zero-order chi connectivity index (χ0) is 14.7. The van der Waals surface area contributed by atoms with Crippen molar-refractivity contribution in [2.75, 3.05) is 13.7 Å². The van der Waals surface area contributed by atoms with Gasteiger partial charge in [-0.1, -0.05) is 0 Å². The summed E-state index contributed by atoms with van der Waals surface area (Å²) in [7, 11) is 1.60. The molecule has 5 nitrogen and oxygen atoms in total. The van der Waals surface area contributed by atoms with E-state index in [1.54, 1.807) is 14.0 Å². The smallest absolute Gasteiger partial charge is 0.307 e. The molecule has 0 amide bonds. The van der Waals surface area contributed by atoms with Crippen LogP contribution in [0.4, 0.5) is 0 Å². The summed E-state index contributed by atoms with van der Waals surface area (Å²) in [6.07, 6.45) is 1.14. The molecule has 2 atom stereocenters. The van der Waals surface area contributed by atoms with Crippen molar-refractivity contribution in [2.45, 2.75) is 38.8 Å². The van der Waals surface area contributed by atoms with Gasteiger partial charge in [0.1, 0.15) is 17.6 Å². The first kappa shape index (κ1) is 14.7. The minimum absolute atomic E-state index is 0.124. The number of nitrogens with two attached hydrogens (primary N) is 1. The average molecular weight is 279 g/mol. The number of benzene rings is 1. The van der Waals surface area contributed by atoms with Crippen LogP contribution in [0.3, 0.4) is 0 Å². The van der Waals surface area contributed by atoms with E-state index >= 15 is 0 Å². The van der Waals surface area contributed by atoms with Crippen molar-refractivity contribution in [3.05, 3.63) is 23.3 Å². The summed E-state index contributed by atoms with van der Waals surface area (Å²) in [6.45, 7) is 4.15. The Morgan fingerprint density at radius 3 is 2.95 bits per heavy atom. The molecular weight excluding hydrogens is 258 g/mol. The maximum atomic E-state index is 11.5. The third-order valence-electron chi connectivity index (χ3n) is 3.34. The van der Waals surface area contributed by atoms with Crippen LogP contribution >= 0.6 is 0 Å². The first-order valence-corrected chi connectivity index (χ1v) is 6.83. The monoisotopic (exact) mass is 279 g/mol. The van der Waals surface area contributed by atoms with Gasteiger partial charge in [0.2, 0.25) is 0 Å². The maximum Gasteiger partial charge on any atom is 0.307 e. The minimum atomic E-state index is -0.464. The summed E-state index contributed by atoms with van der Waals surface area (Å²) in [6, 6.07) is 3.36. The zero-order valence-electron chi connectivity index (χ0n) is 12.1. The molecule has 0 radical (unpaired) electrons. The molecular formula is C15H21NO4. The van der Waals surface area contributed by atoms with E-state index in [2.05, 4.69) is 0 Å². The summed E-state index contributed by atoms with van der Waals surface area (Å²) in [5.41, 5.74) is 7.98. The van der Waals surface area contributed by atoms with Crippen LogP contribution in [-0.2, 0) is 16.0 Å². The van der Waals surface area contributed by atoms with Crippen LogP contribution in [0.25, 0.3) is 0 Å². The van der Waals surface area contributed by atoms with Crippen LogP contribution in [0.15, 0.2) is 12.1 Å². The molecule has 0 spiro atoms. The van der Waals surface area contributed by atoms with Crippen molar-refractivity contribution in [2.24, 2.45) is 5.73 Å². The van der Waals surface area contributed by atoms with Gasteiger partial charge in [0.25, 0.3) is 0 Å². The third-order valence-corrected chi connectivity index (χ3v) is 3.34. The molecule has 2 rings (SSSR count). The predicted octanol–water partition coefficient (Wildman–Crippen LogP) is 1.97. The molecule has 20 heavy (non-hydrogen) atoms. The van der Waals surface area contributed by atoms with E-state index in [9.17, 15) is 4.79 Å². The van der Waals surface area contributed by atoms with Crippen molar-refractivity contribution in [1.82, 2.24) is 0 Å². The molecule has 0 saturated heterocycles. The Balaban J connectivity index is 2.22. The maximum absolute atomic E-state index is 11.5. The second-order valence-corrected chi connectivity index (χ2v) is 4.95. The van der Waals surface area contributed by atoms with Crippen molar-refractivity contribution < 1.29 is 19.0 Å². The normalized spacial score (nSPS) is 18.1. The molecule has 1 unspecified atom stereocenters. The van der Waals surface area contributed by atoms with Gasteiger partial charge in [0, 0.05) is 23.6 Å². The summed E-state index contributed by atoms with van der Waals surface area (Å²) in [4.78, 5) is 11.5. The predicted molar refractivity (Wildman–Crippen MR) is 75.0 cm³/mol. The molecule has 0 fully saturated rings. The van der Waals surface area contributed by atoms with E-state index in [4.69, 9.17) is 19.9 Å². The van der Waals surface area contributed by atoms with Gasteiger partial charge in [-0.25, -0.2) is 0 Å². The van der Waals surface area contributed by atoms with Crippen molar-refractivity contribution in [3.63, 3.8) is 0 Å². The van der Waals surface area contributed by atoms with Gasteiger partial charge in [-0.2, -0.15) is 0 Å². The van der Waals surface area contributed by atoms with E-state index in [0.717, 1.165) is 23.3 Å². The van der Waals surface area contributed by atoms with Gasteiger partial charge < -0.3 is 19.9 Å². The molecule has 5 heteroatoms. The van der Waals surface area contributed by atoms with Gasteiger partial charge in [-0.05, 0) is 26.0 Å². The number of carbonyl (C=O) groups excluding carboxylic acids is 1. The van der Waals surface area contributed by atoms with Gasteiger partial charge in [0.05, 0.1) is 20.1 Å². The number of carbonyl (C=O) groups is 1. The zero-order valence-corrected chi connectivity index (χ0v) is 12.1. The Labute approximate surface area is 119 Å². The van der Waals surface area contributed by atoms with Crippen LogP contribution in [0.2, 0.25) is 0 Å². The number of hydrogen-bond donors (Lipinski definition) is 1. The van der Waals surface area contributed by atoms with Gasteiger partial charge in [0.15, 0.2) is 0 Å². The van der Waals surface area contributed by atoms with E-state index in [1.807, 2.05) is 19.1 Å². The topological polar surface area (TPSA) is 70.8 Å². The SMILES string of the molecule is CCOC(=O)C[C@H](N)c1cc2c(cc1OC)CC(C)O2. The number of rotatable bonds is 5. The van der Waals surface area contributed by atoms with Crippen molar-refractivity contribution in [1.29, 1.82) is 0 Å². The van der Waals surface area contributed by atoms with Crippen LogP contribution in [0.5, 0.6) is 11.5 Å². The lowest BCUT2D eigenvalue weighted by atomic mass is 10.00. The van der Waals surface area contributed by atoms with E-state index in [1.165, 1.54) is 0 Å². The summed E-state index contributed by atoms with van der Waals surface area (Å²) < 4.78 is 16.0. The molecule has 0 bridgehead atoms. The van der Waals surface area contributed by atoms with E-state index < -0.39 is 6.04 Å². The molecule has 1 aliphatic heterocycles.